The molecule has 2 N–H and O–H groups in total. The first-order valence-corrected chi connectivity index (χ1v) is 4.94. The monoisotopic (exact) mass is 234 g/mol. The second-order valence-corrected chi connectivity index (χ2v) is 3.62. The van der Waals surface area contributed by atoms with Gasteiger partial charge in [-0.3, -0.25) is 14.4 Å². The Labute approximate surface area is 96.9 Å². The molecule has 0 fully saturated rings. The molecule has 2 amide bonds. The first-order chi connectivity index (χ1) is 8.04. The van der Waals surface area contributed by atoms with E-state index in [9.17, 15) is 14.4 Å². The number of benzene rings is 1. The predicted molar refractivity (Wildman–Crippen MR) is 59.5 cm³/mol. The highest BCUT2D eigenvalue weighted by Gasteiger charge is 2.35. The van der Waals surface area contributed by atoms with Gasteiger partial charge in [0.25, 0.3) is 11.8 Å². The minimum Gasteiger partial charge on any atom is -0.479 e. The van der Waals surface area contributed by atoms with Crippen LogP contribution in [-0.2, 0) is 14.4 Å². The van der Waals surface area contributed by atoms with Crippen LogP contribution in [0, 0.1) is 0 Å². The number of fused-ring (bicyclic) bond motifs is 1. The molecule has 6 nitrogen and oxygen atoms in total. The molecule has 0 aliphatic carbocycles. The summed E-state index contributed by atoms with van der Waals surface area (Å²) in [6, 6.07) is 4.56. The average molecular weight is 234 g/mol. The Hall–Kier alpha value is -2.37. The fourth-order valence-corrected chi connectivity index (χ4v) is 1.63. The van der Waals surface area contributed by atoms with E-state index in [0.717, 1.165) is 4.90 Å². The molecule has 6 heteroatoms. The van der Waals surface area contributed by atoms with Crippen molar-refractivity contribution in [3.8, 4) is 5.75 Å². The van der Waals surface area contributed by atoms with Crippen LogP contribution in [0.4, 0.5) is 11.4 Å². The number of anilines is 2. The molecule has 1 unspecified atom stereocenters. The summed E-state index contributed by atoms with van der Waals surface area (Å²) in [6.45, 7) is 1.51. The van der Waals surface area contributed by atoms with Crippen molar-refractivity contribution in [2.24, 2.45) is 0 Å². The molecular weight excluding hydrogens is 224 g/mol. The molecule has 1 aliphatic rings. The van der Waals surface area contributed by atoms with Crippen molar-refractivity contribution in [3.05, 3.63) is 18.2 Å². The standard InChI is InChI=1S/C11H10N2O4/c1-6-11(16)13(10(15)5-14)8-4-7(12)2-3-9(8)17-6/h2-6H,12H2,1H3. The zero-order valence-electron chi connectivity index (χ0n) is 9.04. The van der Waals surface area contributed by atoms with Crippen LogP contribution >= 0.6 is 0 Å². The van der Waals surface area contributed by atoms with Crippen LogP contribution in [0.3, 0.4) is 0 Å². The third-order valence-electron chi connectivity index (χ3n) is 2.42. The lowest BCUT2D eigenvalue weighted by molar-refractivity contribution is -0.135. The van der Waals surface area contributed by atoms with Crippen LogP contribution in [0.5, 0.6) is 5.75 Å². The van der Waals surface area contributed by atoms with Crippen LogP contribution in [0.2, 0.25) is 0 Å². The average Bonchev–Trinajstić information content (AvgIpc) is 2.31. The largest absolute Gasteiger partial charge is 0.479 e. The first kappa shape index (κ1) is 11.1. The zero-order chi connectivity index (χ0) is 12.6. The molecular formula is C11H10N2O4. The second-order valence-electron chi connectivity index (χ2n) is 3.62. The van der Waals surface area contributed by atoms with Gasteiger partial charge in [-0.1, -0.05) is 0 Å². The Morgan fingerprint density at radius 1 is 1.53 bits per heavy atom. The van der Waals surface area contributed by atoms with Crippen LogP contribution in [-0.4, -0.2) is 24.2 Å². The van der Waals surface area contributed by atoms with Crippen molar-refractivity contribution < 1.29 is 19.1 Å². The van der Waals surface area contributed by atoms with Gasteiger partial charge >= 0.3 is 0 Å². The quantitative estimate of drug-likeness (QED) is 0.423. The molecule has 88 valence electrons. The molecule has 1 aliphatic heterocycles. The Morgan fingerprint density at radius 3 is 2.88 bits per heavy atom. The number of nitrogen functional groups attached to an aromatic ring is 1. The topological polar surface area (TPSA) is 89.7 Å². The van der Waals surface area contributed by atoms with Crippen molar-refractivity contribution in [1.82, 2.24) is 0 Å². The molecule has 0 aromatic heterocycles. The van der Waals surface area contributed by atoms with Crippen molar-refractivity contribution in [1.29, 1.82) is 0 Å². The molecule has 17 heavy (non-hydrogen) atoms. The number of ether oxygens (including phenoxy) is 1. The maximum absolute atomic E-state index is 11.8. The number of amides is 2. The molecule has 1 aromatic rings. The van der Waals surface area contributed by atoms with Crippen molar-refractivity contribution in [2.75, 3.05) is 10.6 Å². The highest BCUT2D eigenvalue weighted by molar-refractivity contribution is 6.38. The normalized spacial score (nSPS) is 18.3. The van der Waals surface area contributed by atoms with E-state index >= 15 is 0 Å². The number of nitrogens with two attached hydrogens (primary N) is 1. The third-order valence-corrected chi connectivity index (χ3v) is 2.42. The fraction of sp³-hybridized carbons (Fsp3) is 0.182. The Bertz CT molecular complexity index is 512. The van der Waals surface area contributed by atoms with E-state index in [0.29, 0.717) is 11.4 Å². The van der Waals surface area contributed by atoms with Gasteiger partial charge in [-0.2, -0.15) is 0 Å². The van der Waals surface area contributed by atoms with Gasteiger partial charge in [0.05, 0.1) is 5.69 Å². The molecule has 0 spiro atoms. The summed E-state index contributed by atoms with van der Waals surface area (Å²) < 4.78 is 5.31. The van der Waals surface area contributed by atoms with Gasteiger partial charge in [0.15, 0.2) is 6.10 Å². The summed E-state index contributed by atoms with van der Waals surface area (Å²) in [6.07, 6.45) is -0.724. The van der Waals surface area contributed by atoms with Gasteiger partial charge in [0.2, 0.25) is 6.29 Å². The molecule has 0 bridgehead atoms. The van der Waals surface area contributed by atoms with E-state index in [-0.39, 0.29) is 12.0 Å². The van der Waals surface area contributed by atoms with Crippen LogP contribution < -0.4 is 15.4 Å². The van der Waals surface area contributed by atoms with E-state index < -0.39 is 17.9 Å². The summed E-state index contributed by atoms with van der Waals surface area (Å²) in [5.74, 6) is -1.17. The minimum atomic E-state index is -0.933. The minimum absolute atomic E-state index is 0.0862. The molecule has 1 aromatic carbocycles. The number of nitrogens with zero attached hydrogens (tertiary/aromatic N) is 1. The fourth-order valence-electron chi connectivity index (χ4n) is 1.63. The van der Waals surface area contributed by atoms with Gasteiger partial charge in [0.1, 0.15) is 5.75 Å². The Kier molecular flexibility index (Phi) is 2.55. The van der Waals surface area contributed by atoms with Gasteiger partial charge < -0.3 is 10.5 Å². The summed E-state index contributed by atoms with van der Waals surface area (Å²) in [7, 11) is 0. The summed E-state index contributed by atoms with van der Waals surface area (Å²) >= 11 is 0. The Morgan fingerprint density at radius 2 is 2.24 bits per heavy atom. The number of hydrogen-bond donors (Lipinski definition) is 1. The highest BCUT2D eigenvalue weighted by atomic mass is 16.5. The van der Waals surface area contributed by atoms with Gasteiger partial charge in [-0.25, -0.2) is 4.90 Å². The predicted octanol–water partition coefficient (Wildman–Crippen LogP) is 0.108. The lowest BCUT2D eigenvalue weighted by atomic mass is 10.1. The molecule has 0 saturated heterocycles. The number of rotatable bonds is 1. The first-order valence-electron chi connectivity index (χ1n) is 4.94. The molecule has 1 atom stereocenters. The van der Waals surface area contributed by atoms with E-state index in [1.165, 1.54) is 13.0 Å². The number of imide groups is 1. The zero-order valence-corrected chi connectivity index (χ0v) is 9.04. The highest BCUT2D eigenvalue weighted by Crippen LogP contribution is 2.35. The number of carbonyl (C=O) groups excluding carboxylic acids is 3. The number of carbonyl (C=O) groups is 3. The van der Waals surface area contributed by atoms with Gasteiger partial charge in [0, 0.05) is 5.69 Å². The lowest BCUT2D eigenvalue weighted by Gasteiger charge is -2.30. The summed E-state index contributed by atoms with van der Waals surface area (Å²) in [4.78, 5) is 34.5. The van der Waals surface area contributed by atoms with Gasteiger partial charge in [-0.15, -0.1) is 0 Å². The molecule has 1 heterocycles. The maximum atomic E-state index is 11.8. The molecule has 0 saturated carbocycles. The lowest BCUT2D eigenvalue weighted by Crippen LogP contribution is -2.48. The Balaban J connectivity index is 2.58. The summed E-state index contributed by atoms with van der Waals surface area (Å²) in [5.41, 5.74) is 6.15. The summed E-state index contributed by atoms with van der Waals surface area (Å²) in [5, 5.41) is 0. The maximum Gasteiger partial charge on any atom is 0.298 e. The van der Waals surface area contributed by atoms with E-state index in [1.54, 1.807) is 12.1 Å². The third kappa shape index (κ3) is 1.73. The van der Waals surface area contributed by atoms with Crippen molar-refractivity contribution >= 4 is 29.5 Å². The van der Waals surface area contributed by atoms with E-state index in [1.807, 2.05) is 0 Å². The van der Waals surface area contributed by atoms with Gasteiger partial charge in [-0.05, 0) is 25.1 Å². The van der Waals surface area contributed by atoms with E-state index in [4.69, 9.17) is 10.5 Å². The van der Waals surface area contributed by atoms with E-state index in [2.05, 4.69) is 0 Å². The molecule has 0 radical (unpaired) electrons. The van der Waals surface area contributed by atoms with Crippen molar-refractivity contribution in [3.63, 3.8) is 0 Å². The second kappa shape index (κ2) is 3.89. The van der Waals surface area contributed by atoms with Crippen LogP contribution in [0.15, 0.2) is 18.2 Å². The van der Waals surface area contributed by atoms with Crippen LogP contribution in [0.25, 0.3) is 0 Å². The SMILES string of the molecule is CC1Oc2ccc(N)cc2N(C(=O)C=O)C1=O. The molecule has 2 rings (SSSR count). The number of aldehydes is 1. The number of hydrogen-bond acceptors (Lipinski definition) is 5. The van der Waals surface area contributed by atoms with Crippen molar-refractivity contribution in [2.45, 2.75) is 13.0 Å². The smallest absolute Gasteiger partial charge is 0.298 e. The van der Waals surface area contributed by atoms with Crippen LogP contribution in [0.1, 0.15) is 6.92 Å².